The number of hydrogen-bond donors (Lipinski definition) is 1. The van der Waals surface area contributed by atoms with E-state index >= 15 is 0 Å². The van der Waals surface area contributed by atoms with Crippen molar-refractivity contribution in [2.75, 3.05) is 0 Å². The van der Waals surface area contributed by atoms with Crippen molar-refractivity contribution in [2.45, 2.75) is 13.8 Å². The van der Waals surface area contributed by atoms with Crippen molar-refractivity contribution >= 4 is 5.78 Å². The van der Waals surface area contributed by atoms with E-state index in [0.717, 1.165) is 0 Å². The van der Waals surface area contributed by atoms with Gasteiger partial charge in [0.25, 0.3) is 0 Å². The molecule has 2 nitrogen and oxygen atoms in total. The molecule has 0 fully saturated rings. The lowest BCUT2D eigenvalue weighted by Gasteiger charge is -2.04. The third-order valence-electron chi connectivity index (χ3n) is 1.96. The Kier molecular flexibility index (Phi) is 2.52. The third-order valence-corrected chi connectivity index (χ3v) is 1.96. The lowest BCUT2D eigenvalue weighted by Crippen LogP contribution is -1.95. The largest absolute Gasteiger partial charge is 0.507 e. The highest BCUT2D eigenvalue weighted by molar-refractivity contribution is 6.04. The molecule has 1 aromatic carbocycles. The fraction of sp³-hybridized carbons (Fsp3) is 0.182. The molecule has 0 spiro atoms. The minimum absolute atomic E-state index is 0.119. The number of carbonyl (C=O) groups excluding carboxylic acids is 1. The van der Waals surface area contributed by atoms with Crippen LogP contribution in [-0.2, 0) is 0 Å². The molecule has 0 heterocycles. The molecule has 0 aliphatic heterocycles. The van der Waals surface area contributed by atoms with Gasteiger partial charge in [0, 0.05) is 5.56 Å². The molecule has 0 aliphatic carbocycles. The van der Waals surface area contributed by atoms with Crippen LogP contribution in [0.1, 0.15) is 21.5 Å². The van der Waals surface area contributed by atoms with E-state index in [4.69, 9.17) is 0 Å². The van der Waals surface area contributed by atoms with E-state index in [2.05, 4.69) is 6.58 Å². The van der Waals surface area contributed by atoms with Crippen molar-refractivity contribution in [1.82, 2.24) is 0 Å². The number of phenolic OH excluding ortho intramolecular Hbond substituents is 1. The van der Waals surface area contributed by atoms with E-state index in [1.807, 2.05) is 0 Å². The van der Waals surface area contributed by atoms with Gasteiger partial charge in [0.2, 0.25) is 0 Å². The average Bonchev–Trinajstić information content (AvgIpc) is 2.12. The van der Waals surface area contributed by atoms with Crippen LogP contribution < -0.4 is 0 Å². The maximum Gasteiger partial charge on any atom is 0.185 e. The SMILES string of the molecule is C=CC(=O)c1cc(C)c(O)c(C)c1. The maximum atomic E-state index is 11.2. The molecule has 0 aliphatic rings. The molecule has 13 heavy (non-hydrogen) atoms. The molecule has 0 saturated heterocycles. The molecule has 0 saturated carbocycles. The first-order valence-corrected chi connectivity index (χ1v) is 4.03. The van der Waals surface area contributed by atoms with Crippen molar-refractivity contribution in [2.24, 2.45) is 0 Å². The van der Waals surface area contributed by atoms with Gasteiger partial charge in [-0.1, -0.05) is 6.58 Å². The smallest absolute Gasteiger partial charge is 0.185 e. The van der Waals surface area contributed by atoms with E-state index < -0.39 is 0 Å². The number of aromatic hydroxyl groups is 1. The zero-order chi connectivity index (χ0) is 10.0. The highest BCUT2D eigenvalue weighted by Gasteiger charge is 2.06. The summed E-state index contributed by atoms with van der Waals surface area (Å²) in [6, 6.07) is 3.32. The van der Waals surface area contributed by atoms with Gasteiger partial charge in [0.05, 0.1) is 0 Å². The average molecular weight is 176 g/mol. The summed E-state index contributed by atoms with van der Waals surface area (Å²) in [5.74, 6) is 0.131. The molecule has 68 valence electrons. The fourth-order valence-corrected chi connectivity index (χ4v) is 1.22. The van der Waals surface area contributed by atoms with Gasteiger partial charge in [0.1, 0.15) is 5.75 Å². The molecule has 1 N–H and O–H groups in total. The van der Waals surface area contributed by atoms with Crippen molar-refractivity contribution in [3.63, 3.8) is 0 Å². The minimum atomic E-state index is -0.119. The van der Waals surface area contributed by atoms with E-state index in [1.165, 1.54) is 6.08 Å². The normalized spacial score (nSPS) is 9.69. The topological polar surface area (TPSA) is 37.3 Å². The van der Waals surface area contributed by atoms with Crippen molar-refractivity contribution in [3.05, 3.63) is 41.5 Å². The van der Waals surface area contributed by atoms with Crippen LogP contribution in [0.5, 0.6) is 5.75 Å². The Balaban J connectivity index is 3.28. The van der Waals surface area contributed by atoms with Crippen LogP contribution >= 0.6 is 0 Å². The summed E-state index contributed by atoms with van der Waals surface area (Å²) in [6.45, 7) is 6.94. The van der Waals surface area contributed by atoms with Gasteiger partial charge in [-0.05, 0) is 43.2 Å². The number of allylic oxidation sites excluding steroid dienone is 1. The van der Waals surface area contributed by atoms with Crippen LogP contribution in [0, 0.1) is 13.8 Å². The summed E-state index contributed by atoms with van der Waals surface area (Å²) < 4.78 is 0. The Bertz CT molecular complexity index is 341. The number of rotatable bonds is 2. The van der Waals surface area contributed by atoms with Crippen molar-refractivity contribution in [3.8, 4) is 5.75 Å². The van der Waals surface area contributed by atoms with Gasteiger partial charge in [-0.15, -0.1) is 0 Å². The summed E-state index contributed by atoms with van der Waals surface area (Å²) in [4.78, 5) is 11.2. The molecule has 0 aromatic heterocycles. The maximum absolute atomic E-state index is 11.2. The Labute approximate surface area is 77.5 Å². The Hall–Kier alpha value is -1.57. The van der Waals surface area contributed by atoms with Gasteiger partial charge in [-0.25, -0.2) is 0 Å². The lowest BCUT2D eigenvalue weighted by atomic mass is 10.0. The minimum Gasteiger partial charge on any atom is -0.507 e. The Morgan fingerprint density at radius 3 is 2.23 bits per heavy atom. The second-order valence-electron chi connectivity index (χ2n) is 3.03. The predicted molar refractivity (Wildman–Crippen MR) is 52.1 cm³/mol. The number of benzene rings is 1. The van der Waals surface area contributed by atoms with E-state index in [0.29, 0.717) is 16.7 Å². The fourth-order valence-electron chi connectivity index (χ4n) is 1.22. The highest BCUT2D eigenvalue weighted by atomic mass is 16.3. The number of phenols is 1. The summed E-state index contributed by atoms with van der Waals surface area (Å²) in [5, 5.41) is 9.45. The number of carbonyl (C=O) groups is 1. The molecule has 2 heteroatoms. The first-order chi connectivity index (χ1) is 6.06. The van der Waals surface area contributed by atoms with Gasteiger partial charge in [0.15, 0.2) is 5.78 Å². The summed E-state index contributed by atoms with van der Waals surface area (Å²) in [7, 11) is 0. The van der Waals surface area contributed by atoms with Gasteiger partial charge >= 0.3 is 0 Å². The Morgan fingerprint density at radius 1 is 1.38 bits per heavy atom. The van der Waals surface area contributed by atoms with Crippen LogP contribution in [0.4, 0.5) is 0 Å². The number of ketones is 1. The van der Waals surface area contributed by atoms with Gasteiger partial charge in [-0.2, -0.15) is 0 Å². The lowest BCUT2D eigenvalue weighted by molar-refractivity contribution is 0.104. The van der Waals surface area contributed by atoms with Crippen LogP contribution in [0.3, 0.4) is 0 Å². The van der Waals surface area contributed by atoms with Crippen molar-refractivity contribution < 1.29 is 9.90 Å². The standard InChI is InChI=1S/C11H12O2/c1-4-10(12)9-5-7(2)11(13)8(3)6-9/h4-6,13H,1H2,2-3H3. The second-order valence-corrected chi connectivity index (χ2v) is 3.03. The summed E-state index contributed by atoms with van der Waals surface area (Å²) >= 11 is 0. The predicted octanol–water partition coefficient (Wildman–Crippen LogP) is 2.38. The van der Waals surface area contributed by atoms with Crippen LogP contribution in [-0.4, -0.2) is 10.9 Å². The third kappa shape index (κ3) is 1.78. The molecule has 1 aromatic rings. The molecule has 0 bridgehead atoms. The summed E-state index contributed by atoms with van der Waals surface area (Å²) in [5.41, 5.74) is 2.00. The zero-order valence-corrected chi connectivity index (χ0v) is 7.79. The number of hydrogen-bond acceptors (Lipinski definition) is 2. The second kappa shape index (κ2) is 3.44. The first kappa shape index (κ1) is 9.52. The molecule has 0 radical (unpaired) electrons. The van der Waals surface area contributed by atoms with E-state index in [1.54, 1.807) is 26.0 Å². The van der Waals surface area contributed by atoms with Crippen LogP contribution in [0.2, 0.25) is 0 Å². The van der Waals surface area contributed by atoms with Crippen molar-refractivity contribution in [1.29, 1.82) is 0 Å². The summed E-state index contributed by atoms with van der Waals surface area (Å²) in [6.07, 6.45) is 1.27. The van der Waals surface area contributed by atoms with Gasteiger partial charge < -0.3 is 5.11 Å². The number of aryl methyl sites for hydroxylation is 2. The van der Waals surface area contributed by atoms with E-state index in [9.17, 15) is 9.90 Å². The molecular formula is C11H12O2. The zero-order valence-electron chi connectivity index (χ0n) is 7.79. The molecule has 0 atom stereocenters. The van der Waals surface area contributed by atoms with E-state index in [-0.39, 0.29) is 11.5 Å². The first-order valence-electron chi connectivity index (χ1n) is 4.03. The van der Waals surface area contributed by atoms with Crippen LogP contribution in [0.15, 0.2) is 24.8 Å². The monoisotopic (exact) mass is 176 g/mol. The highest BCUT2D eigenvalue weighted by Crippen LogP contribution is 2.23. The molecule has 1 rings (SSSR count). The molecule has 0 unspecified atom stereocenters. The Morgan fingerprint density at radius 2 is 1.85 bits per heavy atom. The quantitative estimate of drug-likeness (QED) is 0.555. The molecular weight excluding hydrogens is 164 g/mol. The van der Waals surface area contributed by atoms with Crippen LogP contribution in [0.25, 0.3) is 0 Å². The van der Waals surface area contributed by atoms with Gasteiger partial charge in [-0.3, -0.25) is 4.79 Å². The molecule has 0 amide bonds.